The lowest BCUT2D eigenvalue weighted by atomic mass is 9.92. The number of amides is 2. The highest BCUT2D eigenvalue weighted by Crippen LogP contribution is 2.50. The van der Waals surface area contributed by atoms with Crippen molar-refractivity contribution in [3.05, 3.63) is 65.7 Å². The molecule has 2 aromatic rings. The van der Waals surface area contributed by atoms with E-state index in [1.54, 1.807) is 30.3 Å². The van der Waals surface area contributed by atoms with Crippen molar-refractivity contribution in [1.29, 1.82) is 0 Å². The van der Waals surface area contributed by atoms with Gasteiger partial charge in [0.1, 0.15) is 0 Å². The van der Waals surface area contributed by atoms with Gasteiger partial charge in [0.15, 0.2) is 0 Å². The predicted octanol–water partition coefficient (Wildman–Crippen LogP) is 4.32. The summed E-state index contributed by atoms with van der Waals surface area (Å²) in [7, 11) is 0. The SMILES string of the molecule is O=C(NCc1ccccc1)Nc1ccc(C(O)(C(F)(F)F)C(F)(F)F)cc1. The lowest BCUT2D eigenvalue weighted by molar-refractivity contribution is -0.376. The lowest BCUT2D eigenvalue weighted by Gasteiger charge is -2.32. The minimum atomic E-state index is -5.97. The molecule has 0 aliphatic carbocycles. The van der Waals surface area contributed by atoms with Gasteiger partial charge in [0.05, 0.1) is 0 Å². The summed E-state index contributed by atoms with van der Waals surface area (Å²) in [5.41, 5.74) is -5.66. The van der Waals surface area contributed by atoms with Gasteiger partial charge in [-0.25, -0.2) is 4.79 Å². The van der Waals surface area contributed by atoms with Crippen LogP contribution in [0.25, 0.3) is 0 Å². The average molecular weight is 392 g/mol. The lowest BCUT2D eigenvalue weighted by Crippen LogP contribution is -2.53. The number of rotatable bonds is 4. The highest BCUT2D eigenvalue weighted by Gasteiger charge is 2.71. The van der Waals surface area contributed by atoms with Crippen molar-refractivity contribution in [2.24, 2.45) is 0 Å². The molecule has 0 fully saturated rings. The zero-order valence-electron chi connectivity index (χ0n) is 13.5. The Morgan fingerprint density at radius 1 is 0.852 bits per heavy atom. The number of nitrogens with one attached hydrogen (secondary N) is 2. The third-order valence-electron chi connectivity index (χ3n) is 3.68. The van der Waals surface area contributed by atoms with Crippen molar-refractivity contribution in [2.45, 2.75) is 24.5 Å². The van der Waals surface area contributed by atoms with Crippen LogP contribution in [0.2, 0.25) is 0 Å². The number of alkyl halides is 6. The molecule has 146 valence electrons. The van der Waals surface area contributed by atoms with E-state index in [9.17, 15) is 36.2 Å². The molecule has 3 N–H and O–H groups in total. The van der Waals surface area contributed by atoms with Crippen LogP contribution in [0.4, 0.5) is 36.8 Å². The molecule has 0 heterocycles. The summed E-state index contributed by atoms with van der Waals surface area (Å²) in [5.74, 6) is 0. The molecule has 0 saturated carbocycles. The molecule has 0 unspecified atom stereocenters. The van der Waals surface area contributed by atoms with Gasteiger partial charge in [0.25, 0.3) is 5.60 Å². The van der Waals surface area contributed by atoms with Crippen LogP contribution < -0.4 is 10.6 Å². The van der Waals surface area contributed by atoms with E-state index in [4.69, 9.17) is 0 Å². The van der Waals surface area contributed by atoms with Crippen LogP contribution in [0, 0.1) is 0 Å². The Morgan fingerprint density at radius 3 is 1.85 bits per heavy atom. The molecule has 2 rings (SSSR count). The Hall–Kier alpha value is -2.75. The smallest absolute Gasteiger partial charge is 0.369 e. The van der Waals surface area contributed by atoms with Gasteiger partial charge in [-0.1, -0.05) is 42.5 Å². The summed E-state index contributed by atoms with van der Waals surface area (Å²) in [6.45, 7) is 0.173. The van der Waals surface area contributed by atoms with Crippen molar-refractivity contribution in [1.82, 2.24) is 5.32 Å². The van der Waals surface area contributed by atoms with Crippen LogP contribution in [-0.4, -0.2) is 23.5 Å². The van der Waals surface area contributed by atoms with Crippen LogP contribution >= 0.6 is 0 Å². The highest BCUT2D eigenvalue weighted by atomic mass is 19.4. The van der Waals surface area contributed by atoms with E-state index in [2.05, 4.69) is 10.6 Å². The van der Waals surface area contributed by atoms with Gasteiger partial charge in [0.2, 0.25) is 0 Å². The molecule has 2 amide bonds. The van der Waals surface area contributed by atoms with E-state index >= 15 is 0 Å². The summed E-state index contributed by atoms with van der Waals surface area (Å²) < 4.78 is 76.9. The molecule has 0 spiro atoms. The number of carbonyl (C=O) groups is 1. The number of halogens is 6. The maximum Gasteiger partial charge on any atom is 0.430 e. The summed E-state index contributed by atoms with van der Waals surface area (Å²) in [5, 5.41) is 14.0. The number of aliphatic hydroxyl groups is 1. The second-order valence-corrected chi connectivity index (χ2v) is 5.58. The number of anilines is 1. The summed E-state index contributed by atoms with van der Waals surface area (Å²) in [6, 6.07) is 10.7. The zero-order chi connectivity index (χ0) is 20.3. The number of urea groups is 1. The number of hydrogen-bond acceptors (Lipinski definition) is 2. The Labute approximate surface area is 149 Å². The van der Waals surface area contributed by atoms with E-state index in [-0.39, 0.29) is 12.2 Å². The van der Waals surface area contributed by atoms with Crippen molar-refractivity contribution < 1.29 is 36.2 Å². The van der Waals surface area contributed by atoms with Gasteiger partial charge >= 0.3 is 18.4 Å². The Morgan fingerprint density at radius 2 is 1.37 bits per heavy atom. The van der Waals surface area contributed by atoms with Gasteiger partial charge in [-0.05, 0) is 17.7 Å². The first-order valence-electron chi connectivity index (χ1n) is 7.50. The fourth-order valence-corrected chi connectivity index (χ4v) is 2.24. The minimum Gasteiger partial charge on any atom is -0.369 e. The van der Waals surface area contributed by atoms with Gasteiger partial charge in [0, 0.05) is 17.8 Å². The molecule has 0 aromatic heterocycles. The van der Waals surface area contributed by atoms with E-state index in [0.29, 0.717) is 12.1 Å². The first-order valence-corrected chi connectivity index (χ1v) is 7.50. The largest absolute Gasteiger partial charge is 0.430 e. The van der Waals surface area contributed by atoms with Crippen LogP contribution in [0.1, 0.15) is 11.1 Å². The Kier molecular flexibility index (Phi) is 5.69. The molecule has 27 heavy (non-hydrogen) atoms. The topological polar surface area (TPSA) is 61.4 Å². The zero-order valence-corrected chi connectivity index (χ0v) is 13.5. The van der Waals surface area contributed by atoms with Gasteiger partial charge in [-0.2, -0.15) is 26.3 Å². The number of carbonyl (C=O) groups excluding carboxylic acids is 1. The Balaban J connectivity index is 2.09. The van der Waals surface area contributed by atoms with E-state index < -0.39 is 29.5 Å². The maximum atomic E-state index is 12.8. The van der Waals surface area contributed by atoms with Crippen LogP contribution in [0.5, 0.6) is 0 Å². The molecule has 0 bridgehead atoms. The average Bonchev–Trinajstić information content (AvgIpc) is 2.59. The van der Waals surface area contributed by atoms with Crippen molar-refractivity contribution >= 4 is 11.7 Å². The van der Waals surface area contributed by atoms with Crippen LogP contribution in [-0.2, 0) is 12.1 Å². The third-order valence-corrected chi connectivity index (χ3v) is 3.68. The first kappa shape index (κ1) is 20.6. The van der Waals surface area contributed by atoms with Crippen LogP contribution in [0.3, 0.4) is 0 Å². The molecule has 0 saturated heterocycles. The molecule has 2 aromatic carbocycles. The van der Waals surface area contributed by atoms with Crippen molar-refractivity contribution in [3.8, 4) is 0 Å². The second kappa shape index (κ2) is 7.47. The number of benzene rings is 2. The molecule has 0 aliphatic heterocycles. The summed E-state index contributed by atoms with van der Waals surface area (Å²) >= 11 is 0. The van der Waals surface area contributed by atoms with E-state index in [0.717, 1.165) is 17.7 Å². The summed E-state index contributed by atoms with van der Waals surface area (Å²) in [4.78, 5) is 11.8. The van der Waals surface area contributed by atoms with Gasteiger partial charge in [-0.15, -0.1) is 0 Å². The van der Waals surface area contributed by atoms with E-state index in [1.165, 1.54) is 0 Å². The molecule has 0 atom stereocenters. The Bertz CT molecular complexity index is 759. The number of hydrogen-bond donors (Lipinski definition) is 3. The maximum absolute atomic E-state index is 12.8. The minimum absolute atomic E-state index is 0.0454. The van der Waals surface area contributed by atoms with Crippen molar-refractivity contribution in [2.75, 3.05) is 5.32 Å². The molecule has 4 nitrogen and oxygen atoms in total. The van der Waals surface area contributed by atoms with Crippen LogP contribution in [0.15, 0.2) is 54.6 Å². The third kappa shape index (κ3) is 4.51. The molecule has 0 radical (unpaired) electrons. The first-order chi connectivity index (χ1) is 12.4. The molecule has 0 aliphatic rings. The van der Waals surface area contributed by atoms with E-state index in [1.807, 2.05) is 0 Å². The fraction of sp³-hybridized carbons (Fsp3) is 0.235. The molecular weight excluding hydrogens is 378 g/mol. The predicted molar refractivity (Wildman–Crippen MR) is 84.7 cm³/mol. The molecule has 10 heteroatoms. The standard InChI is InChI=1S/C17H14F6N2O2/c18-16(19,20)15(27,17(21,22)23)12-6-8-13(9-7-12)25-14(26)24-10-11-4-2-1-3-5-11/h1-9,27H,10H2,(H2,24,25,26). The monoisotopic (exact) mass is 392 g/mol. The molecular formula is C17H14F6N2O2. The quantitative estimate of drug-likeness (QED) is 0.679. The highest BCUT2D eigenvalue weighted by molar-refractivity contribution is 5.89. The second-order valence-electron chi connectivity index (χ2n) is 5.58. The normalized spacial score (nSPS) is 12.6. The fourth-order valence-electron chi connectivity index (χ4n) is 2.24. The van der Waals surface area contributed by atoms with Gasteiger partial charge < -0.3 is 15.7 Å². The van der Waals surface area contributed by atoms with Crippen molar-refractivity contribution in [3.63, 3.8) is 0 Å². The summed E-state index contributed by atoms with van der Waals surface area (Å²) in [6.07, 6.45) is -11.9. The van der Waals surface area contributed by atoms with Gasteiger partial charge in [-0.3, -0.25) is 0 Å².